The number of hydrogen-bond donors (Lipinski definition) is 0. The molecule has 1 saturated heterocycles. The van der Waals surface area contributed by atoms with Crippen molar-refractivity contribution in [2.24, 2.45) is 0 Å². The smallest absolute Gasteiger partial charge is 0.354 e. The average Bonchev–Trinajstić information content (AvgIpc) is 3.22. The first-order chi connectivity index (χ1) is 14.8. The van der Waals surface area contributed by atoms with Gasteiger partial charge in [0.15, 0.2) is 0 Å². The molecule has 0 spiro atoms. The summed E-state index contributed by atoms with van der Waals surface area (Å²) in [5, 5.41) is 14.8. The maximum Gasteiger partial charge on any atom is 0.417 e. The Morgan fingerprint density at radius 2 is 1.90 bits per heavy atom. The number of hydrogen-bond acceptors (Lipinski definition) is 8. The predicted octanol–water partition coefficient (Wildman–Crippen LogP) is 3.38. The van der Waals surface area contributed by atoms with Gasteiger partial charge in [-0.3, -0.25) is 15.0 Å². The third-order valence-corrected chi connectivity index (χ3v) is 4.91. The molecule has 0 atom stereocenters. The molecule has 162 valence electrons. The van der Waals surface area contributed by atoms with Gasteiger partial charge in [-0.25, -0.2) is 4.98 Å². The zero-order valence-corrected chi connectivity index (χ0v) is 16.1. The van der Waals surface area contributed by atoms with E-state index in [0.29, 0.717) is 50.0 Å². The molecule has 0 bridgehead atoms. The molecule has 1 aliphatic heterocycles. The molecule has 0 saturated carbocycles. The minimum Gasteiger partial charge on any atom is -0.354 e. The average molecular weight is 434 g/mol. The molecule has 0 radical (unpaired) electrons. The SMILES string of the molecule is O=[N+]([O-])c1cccc(-c2noc(CN3CCN(c4ccc(C(F)(F)F)cn4)CC3)n2)c1. The monoisotopic (exact) mass is 434 g/mol. The minimum absolute atomic E-state index is 0.0585. The van der Waals surface area contributed by atoms with Gasteiger partial charge in [0.1, 0.15) is 5.82 Å². The molecule has 0 N–H and O–H groups in total. The van der Waals surface area contributed by atoms with Gasteiger partial charge in [-0.1, -0.05) is 17.3 Å². The van der Waals surface area contributed by atoms with Crippen LogP contribution >= 0.6 is 0 Å². The summed E-state index contributed by atoms with van der Waals surface area (Å²) in [6.07, 6.45) is -3.56. The van der Waals surface area contributed by atoms with Gasteiger partial charge in [0.2, 0.25) is 11.7 Å². The van der Waals surface area contributed by atoms with Crippen LogP contribution < -0.4 is 4.90 Å². The lowest BCUT2D eigenvalue weighted by Crippen LogP contribution is -2.46. The number of nitro groups is 1. The van der Waals surface area contributed by atoms with E-state index < -0.39 is 16.7 Å². The number of pyridine rings is 1. The van der Waals surface area contributed by atoms with Gasteiger partial charge >= 0.3 is 6.18 Å². The number of piperazine rings is 1. The fourth-order valence-electron chi connectivity index (χ4n) is 3.26. The summed E-state index contributed by atoms with van der Waals surface area (Å²) in [7, 11) is 0. The molecule has 12 heteroatoms. The van der Waals surface area contributed by atoms with Crippen LogP contribution in [0.2, 0.25) is 0 Å². The van der Waals surface area contributed by atoms with Gasteiger partial charge in [0, 0.05) is 50.1 Å². The number of alkyl halides is 3. The fraction of sp³-hybridized carbons (Fsp3) is 0.316. The van der Waals surface area contributed by atoms with Crippen molar-refractivity contribution in [1.29, 1.82) is 0 Å². The Kier molecular flexibility index (Phi) is 5.55. The Hall–Kier alpha value is -3.54. The number of rotatable bonds is 5. The van der Waals surface area contributed by atoms with Crippen LogP contribution in [0.1, 0.15) is 11.5 Å². The predicted molar refractivity (Wildman–Crippen MR) is 103 cm³/mol. The summed E-state index contributed by atoms with van der Waals surface area (Å²) in [5.41, 5.74) is -0.343. The number of non-ortho nitro benzene ring substituents is 1. The Morgan fingerprint density at radius 3 is 2.55 bits per heavy atom. The van der Waals surface area contributed by atoms with E-state index in [9.17, 15) is 23.3 Å². The van der Waals surface area contributed by atoms with E-state index >= 15 is 0 Å². The van der Waals surface area contributed by atoms with Gasteiger partial charge in [0.05, 0.1) is 17.0 Å². The third kappa shape index (κ3) is 4.79. The molecule has 3 heterocycles. The summed E-state index contributed by atoms with van der Waals surface area (Å²) < 4.78 is 43.3. The molecular weight excluding hydrogens is 417 g/mol. The van der Waals surface area contributed by atoms with Crippen molar-refractivity contribution in [1.82, 2.24) is 20.0 Å². The molecule has 2 aromatic heterocycles. The van der Waals surface area contributed by atoms with Crippen LogP contribution in [0.3, 0.4) is 0 Å². The number of aromatic nitrogens is 3. The zero-order valence-electron chi connectivity index (χ0n) is 16.1. The second kappa shape index (κ2) is 8.30. The van der Waals surface area contributed by atoms with Crippen LogP contribution in [0.15, 0.2) is 47.1 Å². The van der Waals surface area contributed by atoms with Gasteiger partial charge < -0.3 is 9.42 Å². The summed E-state index contributed by atoms with van der Waals surface area (Å²) >= 11 is 0. The quantitative estimate of drug-likeness (QED) is 0.445. The first kappa shape index (κ1) is 20.7. The lowest BCUT2D eigenvalue weighted by molar-refractivity contribution is -0.384. The van der Waals surface area contributed by atoms with Crippen molar-refractivity contribution in [2.45, 2.75) is 12.7 Å². The second-order valence-corrected chi connectivity index (χ2v) is 6.99. The standard InChI is InChI=1S/C19H17F3N6O3/c20-19(21,22)14-4-5-16(23-11-14)27-8-6-26(7-9-27)12-17-24-18(25-31-17)13-2-1-3-15(10-13)28(29)30/h1-5,10-11H,6-9,12H2. The molecule has 1 aliphatic rings. The van der Waals surface area contributed by atoms with E-state index in [1.807, 2.05) is 4.90 Å². The fourth-order valence-corrected chi connectivity index (χ4v) is 3.26. The van der Waals surface area contributed by atoms with E-state index in [1.54, 1.807) is 12.1 Å². The first-order valence-corrected chi connectivity index (χ1v) is 9.37. The molecule has 31 heavy (non-hydrogen) atoms. The van der Waals surface area contributed by atoms with Crippen molar-refractivity contribution < 1.29 is 22.6 Å². The Morgan fingerprint density at radius 1 is 1.13 bits per heavy atom. The van der Waals surface area contributed by atoms with Gasteiger partial charge in [-0.15, -0.1) is 0 Å². The Labute approximate surface area is 174 Å². The van der Waals surface area contributed by atoms with E-state index in [0.717, 1.165) is 12.3 Å². The van der Waals surface area contributed by atoms with E-state index in [2.05, 4.69) is 20.0 Å². The molecule has 0 aliphatic carbocycles. The van der Waals surface area contributed by atoms with Crippen molar-refractivity contribution in [2.75, 3.05) is 31.1 Å². The van der Waals surface area contributed by atoms with Crippen molar-refractivity contribution in [3.63, 3.8) is 0 Å². The lowest BCUT2D eigenvalue weighted by atomic mass is 10.2. The summed E-state index contributed by atoms with van der Waals surface area (Å²) in [6, 6.07) is 8.39. The van der Waals surface area contributed by atoms with Crippen LogP contribution in [0.5, 0.6) is 0 Å². The highest BCUT2D eigenvalue weighted by Crippen LogP contribution is 2.29. The van der Waals surface area contributed by atoms with E-state index in [4.69, 9.17) is 4.52 Å². The number of benzene rings is 1. The van der Waals surface area contributed by atoms with Gasteiger partial charge in [-0.05, 0) is 12.1 Å². The third-order valence-electron chi connectivity index (χ3n) is 4.91. The summed E-state index contributed by atoms with van der Waals surface area (Å²) in [4.78, 5) is 22.7. The summed E-state index contributed by atoms with van der Waals surface area (Å²) in [6.45, 7) is 2.85. The Bertz CT molecular complexity index is 1060. The van der Waals surface area contributed by atoms with Crippen LogP contribution in [0, 0.1) is 10.1 Å². The normalized spacial score (nSPS) is 15.3. The molecule has 9 nitrogen and oxygen atoms in total. The topological polar surface area (TPSA) is 101 Å². The zero-order chi connectivity index (χ0) is 22.0. The van der Waals surface area contributed by atoms with Crippen LogP contribution in [-0.4, -0.2) is 51.1 Å². The van der Waals surface area contributed by atoms with Crippen LogP contribution in [-0.2, 0) is 12.7 Å². The number of anilines is 1. The molecule has 1 fully saturated rings. The van der Waals surface area contributed by atoms with Crippen molar-refractivity contribution >= 4 is 11.5 Å². The van der Waals surface area contributed by atoms with Gasteiger partial charge in [-0.2, -0.15) is 18.2 Å². The van der Waals surface area contributed by atoms with Gasteiger partial charge in [0.25, 0.3) is 5.69 Å². The summed E-state index contributed by atoms with van der Waals surface area (Å²) in [5.74, 6) is 1.15. The highest BCUT2D eigenvalue weighted by molar-refractivity contribution is 5.58. The molecule has 3 aromatic rings. The number of halogens is 3. The highest BCUT2D eigenvalue weighted by Gasteiger charge is 2.31. The minimum atomic E-state index is -4.40. The molecular formula is C19H17F3N6O3. The lowest BCUT2D eigenvalue weighted by Gasteiger charge is -2.34. The maximum atomic E-state index is 12.7. The number of nitrogens with zero attached hydrogens (tertiary/aromatic N) is 6. The second-order valence-electron chi connectivity index (χ2n) is 6.99. The van der Waals surface area contributed by atoms with Crippen LogP contribution in [0.25, 0.3) is 11.4 Å². The molecule has 0 unspecified atom stereocenters. The largest absolute Gasteiger partial charge is 0.417 e. The molecule has 0 amide bonds. The molecule has 4 rings (SSSR count). The number of nitro benzene ring substituents is 1. The van der Waals surface area contributed by atoms with Crippen LogP contribution in [0.4, 0.5) is 24.7 Å². The van der Waals surface area contributed by atoms with Crippen molar-refractivity contribution in [3.8, 4) is 11.4 Å². The maximum absolute atomic E-state index is 12.7. The molecule has 1 aromatic carbocycles. The first-order valence-electron chi connectivity index (χ1n) is 9.37. The van der Waals surface area contributed by atoms with E-state index in [1.165, 1.54) is 18.2 Å². The van der Waals surface area contributed by atoms with E-state index in [-0.39, 0.29) is 11.5 Å². The van der Waals surface area contributed by atoms with Crippen molar-refractivity contribution in [3.05, 3.63) is 64.2 Å². The highest BCUT2D eigenvalue weighted by atomic mass is 19.4. The Balaban J connectivity index is 1.34.